The summed E-state index contributed by atoms with van der Waals surface area (Å²) in [6, 6.07) is -1.53. The molecule has 0 bridgehead atoms. The summed E-state index contributed by atoms with van der Waals surface area (Å²) in [5.74, 6) is -2.17. The minimum absolute atomic E-state index is 0.228. The maximum Gasteiger partial charge on any atom is 0.327 e. The number of carbonyl (C=O) groups is 4. The van der Waals surface area contributed by atoms with Gasteiger partial charge in [0.1, 0.15) is 19.1 Å². The van der Waals surface area contributed by atoms with Crippen molar-refractivity contribution in [2.24, 2.45) is 5.41 Å². The number of aliphatic carboxylic acids is 1. The first-order valence-corrected chi connectivity index (χ1v) is 6.83. The third kappa shape index (κ3) is 2.98. The van der Waals surface area contributed by atoms with Crippen LogP contribution in [0.2, 0.25) is 0 Å². The van der Waals surface area contributed by atoms with Crippen LogP contribution in [0.15, 0.2) is 0 Å². The second kappa shape index (κ2) is 5.34. The summed E-state index contributed by atoms with van der Waals surface area (Å²) in [6.45, 7) is 3.46. The minimum atomic E-state index is -1.07. The second-order valence-corrected chi connectivity index (χ2v) is 6.14. The highest BCUT2D eigenvalue weighted by molar-refractivity contribution is 6.02. The van der Waals surface area contributed by atoms with Crippen LogP contribution in [-0.4, -0.2) is 64.4 Å². The maximum absolute atomic E-state index is 12.5. The molecule has 4 amide bonds. The molecule has 0 radical (unpaired) electrons. The summed E-state index contributed by atoms with van der Waals surface area (Å²) in [4.78, 5) is 49.1. The lowest BCUT2D eigenvalue weighted by Gasteiger charge is -2.45. The molecule has 21 heavy (non-hydrogen) atoms. The third-order valence-electron chi connectivity index (χ3n) is 3.97. The van der Waals surface area contributed by atoms with Crippen molar-refractivity contribution in [3.05, 3.63) is 0 Å². The van der Waals surface area contributed by atoms with Gasteiger partial charge in [0, 0.05) is 6.54 Å². The number of carboxylic acid groups (broad SMARTS) is 1. The molecule has 1 atom stereocenters. The molecule has 2 aliphatic heterocycles. The Labute approximate surface area is 122 Å². The van der Waals surface area contributed by atoms with Gasteiger partial charge in [0.25, 0.3) is 0 Å². The lowest BCUT2D eigenvalue weighted by atomic mass is 9.76. The minimum Gasteiger partial charge on any atom is -0.480 e. The van der Waals surface area contributed by atoms with E-state index < -0.39 is 35.3 Å². The van der Waals surface area contributed by atoms with Crippen LogP contribution in [0.4, 0.5) is 4.79 Å². The Bertz CT molecular complexity index is 486. The number of piperazine rings is 1. The van der Waals surface area contributed by atoms with Crippen LogP contribution < -0.4 is 5.32 Å². The molecule has 2 rings (SSSR count). The van der Waals surface area contributed by atoms with Crippen molar-refractivity contribution >= 4 is 23.8 Å². The van der Waals surface area contributed by atoms with E-state index in [0.29, 0.717) is 19.4 Å². The Balaban J connectivity index is 2.22. The van der Waals surface area contributed by atoms with E-state index in [1.165, 1.54) is 4.90 Å². The number of likely N-dealkylation sites (tertiary alicyclic amines) is 1. The van der Waals surface area contributed by atoms with Crippen molar-refractivity contribution in [2.45, 2.75) is 32.7 Å². The van der Waals surface area contributed by atoms with Crippen molar-refractivity contribution in [2.75, 3.05) is 19.6 Å². The zero-order chi connectivity index (χ0) is 15.8. The summed E-state index contributed by atoms with van der Waals surface area (Å²) < 4.78 is 0. The van der Waals surface area contributed by atoms with Crippen molar-refractivity contribution in [1.29, 1.82) is 0 Å². The Hall–Kier alpha value is -2.12. The molecule has 0 saturated carbocycles. The smallest absolute Gasteiger partial charge is 0.327 e. The molecule has 0 spiro atoms. The van der Waals surface area contributed by atoms with E-state index >= 15 is 0 Å². The molecule has 2 N–H and O–H groups in total. The van der Waals surface area contributed by atoms with Gasteiger partial charge >= 0.3 is 12.0 Å². The first-order chi connectivity index (χ1) is 9.72. The van der Waals surface area contributed by atoms with Gasteiger partial charge in [0.15, 0.2) is 0 Å². The van der Waals surface area contributed by atoms with Gasteiger partial charge in [-0.05, 0) is 18.3 Å². The number of amides is 4. The van der Waals surface area contributed by atoms with Gasteiger partial charge in [-0.1, -0.05) is 13.8 Å². The predicted molar refractivity (Wildman–Crippen MR) is 71.3 cm³/mol. The Morgan fingerprint density at radius 3 is 2.33 bits per heavy atom. The molecule has 0 aromatic heterocycles. The van der Waals surface area contributed by atoms with Crippen LogP contribution in [0.5, 0.6) is 0 Å². The van der Waals surface area contributed by atoms with Crippen LogP contribution in [0.3, 0.4) is 0 Å². The fourth-order valence-electron chi connectivity index (χ4n) is 3.02. The molecule has 0 aromatic carbocycles. The number of carbonyl (C=O) groups excluding carboxylic acids is 3. The fourth-order valence-corrected chi connectivity index (χ4v) is 3.02. The summed E-state index contributed by atoms with van der Waals surface area (Å²) in [6.07, 6.45) is 1.39. The number of nitrogens with zero attached hydrogens (tertiary/aromatic N) is 2. The molecule has 0 aliphatic carbocycles. The van der Waals surface area contributed by atoms with Crippen molar-refractivity contribution < 1.29 is 24.3 Å². The van der Waals surface area contributed by atoms with Crippen molar-refractivity contribution in [3.8, 4) is 0 Å². The van der Waals surface area contributed by atoms with E-state index in [0.717, 1.165) is 4.90 Å². The normalized spacial score (nSPS) is 25.5. The van der Waals surface area contributed by atoms with Crippen LogP contribution in [0, 0.1) is 5.41 Å². The van der Waals surface area contributed by atoms with Gasteiger partial charge in [0.05, 0.1) is 0 Å². The number of imide groups is 1. The first-order valence-electron chi connectivity index (χ1n) is 6.83. The SMILES string of the molecule is CC1(C)CCCN(C(=O)N2CC(=O)NC(=O)C2)C1C(=O)O. The average Bonchev–Trinajstić information content (AvgIpc) is 2.34. The van der Waals surface area contributed by atoms with Crippen LogP contribution >= 0.6 is 0 Å². The molecule has 0 aromatic rings. The summed E-state index contributed by atoms with van der Waals surface area (Å²) in [7, 11) is 0. The molecule has 2 aliphatic rings. The monoisotopic (exact) mass is 297 g/mol. The molecular formula is C13H19N3O5. The lowest BCUT2D eigenvalue weighted by Crippen LogP contribution is -2.62. The van der Waals surface area contributed by atoms with Gasteiger partial charge < -0.3 is 14.9 Å². The van der Waals surface area contributed by atoms with Gasteiger partial charge in [0.2, 0.25) is 11.8 Å². The van der Waals surface area contributed by atoms with Crippen LogP contribution in [-0.2, 0) is 14.4 Å². The second-order valence-electron chi connectivity index (χ2n) is 6.14. The van der Waals surface area contributed by atoms with Gasteiger partial charge in [-0.3, -0.25) is 14.9 Å². The summed E-state index contributed by atoms with van der Waals surface area (Å²) >= 11 is 0. The maximum atomic E-state index is 12.5. The highest BCUT2D eigenvalue weighted by atomic mass is 16.4. The van der Waals surface area contributed by atoms with E-state index in [1.807, 2.05) is 0 Å². The first kappa shape index (κ1) is 15.3. The quantitative estimate of drug-likeness (QED) is 0.643. The van der Waals surface area contributed by atoms with Gasteiger partial charge in [-0.25, -0.2) is 9.59 Å². The number of carboxylic acids is 1. The number of piperidine rings is 1. The van der Waals surface area contributed by atoms with Crippen LogP contribution in [0.1, 0.15) is 26.7 Å². The summed E-state index contributed by atoms with van der Waals surface area (Å²) in [5, 5.41) is 11.5. The molecule has 116 valence electrons. The summed E-state index contributed by atoms with van der Waals surface area (Å²) in [5.41, 5.74) is -0.554. The molecule has 8 heteroatoms. The van der Waals surface area contributed by atoms with E-state index in [-0.39, 0.29) is 13.1 Å². The average molecular weight is 297 g/mol. The number of hydrogen-bond donors (Lipinski definition) is 2. The Kier molecular flexibility index (Phi) is 3.89. The topological polar surface area (TPSA) is 107 Å². The van der Waals surface area contributed by atoms with E-state index in [2.05, 4.69) is 5.32 Å². The zero-order valence-corrected chi connectivity index (χ0v) is 12.1. The van der Waals surface area contributed by atoms with E-state index in [1.54, 1.807) is 13.8 Å². The molecule has 1 unspecified atom stereocenters. The Morgan fingerprint density at radius 2 is 1.81 bits per heavy atom. The fraction of sp³-hybridized carbons (Fsp3) is 0.692. The predicted octanol–water partition coefficient (Wildman–Crippen LogP) is -0.360. The molecular weight excluding hydrogens is 278 g/mol. The lowest BCUT2D eigenvalue weighted by molar-refractivity contribution is -0.148. The largest absolute Gasteiger partial charge is 0.480 e. The molecule has 2 fully saturated rings. The number of hydrogen-bond acceptors (Lipinski definition) is 4. The number of urea groups is 1. The zero-order valence-electron chi connectivity index (χ0n) is 12.1. The number of nitrogens with one attached hydrogen (secondary N) is 1. The Morgan fingerprint density at radius 1 is 1.24 bits per heavy atom. The highest BCUT2D eigenvalue weighted by Crippen LogP contribution is 2.35. The third-order valence-corrected chi connectivity index (χ3v) is 3.97. The van der Waals surface area contributed by atoms with Crippen molar-refractivity contribution in [1.82, 2.24) is 15.1 Å². The molecule has 2 heterocycles. The number of rotatable bonds is 1. The molecule has 8 nitrogen and oxygen atoms in total. The van der Waals surface area contributed by atoms with Gasteiger partial charge in [-0.2, -0.15) is 0 Å². The van der Waals surface area contributed by atoms with E-state index in [4.69, 9.17) is 0 Å². The van der Waals surface area contributed by atoms with Gasteiger partial charge in [-0.15, -0.1) is 0 Å². The van der Waals surface area contributed by atoms with Crippen LogP contribution in [0.25, 0.3) is 0 Å². The molecule has 2 saturated heterocycles. The standard InChI is InChI=1S/C13H19N3O5/c1-13(2)4-3-5-16(10(13)11(19)20)12(21)15-6-8(17)14-9(18)7-15/h10H,3-7H2,1-2H3,(H,19,20)(H,14,17,18). The highest BCUT2D eigenvalue weighted by Gasteiger charge is 2.46. The van der Waals surface area contributed by atoms with E-state index in [9.17, 15) is 24.3 Å². The van der Waals surface area contributed by atoms with Crippen molar-refractivity contribution in [3.63, 3.8) is 0 Å².